The fourth-order valence-electron chi connectivity index (χ4n) is 2.32. The van der Waals surface area contributed by atoms with Crippen LogP contribution in [0.2, 0.25) is 0 Å². The quantitative estimate of drug-likeness (QED) is 0.723. The lowest BCUT2D eigenvalue weighted by molar-refractivity contribution is 0.0959. The molecule has 0 N–H and O–H groups in total. The van der Waals surface area contributed by atoms with E-state index < -0.39 is 0 Å². The van der Waals surface area contributed by atoms with Crippen molar-refractivity contribution < 1.29 is 4.79 Å². The molecule has 0 bridgehead atoms. The third-order valence-electron chi connectivity index (χ3n) is 3.65. The maximum Gasteiger partial charge on any atom is 0.173 e. The van der Waals surface area contributed by atoms with Crippen LogP contribution in [-0.4, -0.2) is 11.5 Å². The molecular weight excluding hydrogens is 222 g/mol. The van der Waals surface area contributed by atoms with Crippen LogP contribution < -0.4 is 0 Å². The lowest BCUT2D eigenvalue weighted by Crippen LogP contribution is -2.25. The van der Waals surface area contributed by atoms with Crippen LogP contribution in [0.4, 0.5) is 5.69 Å². The van der Waals surface area contributed by atoms with Gasteiger partial charge in [0.05, 0.1) is 11.6 Å². The first-order chi connectivity index (χ1) is 8.34. The van der Waals surface area contributed by atoms with Gasteiger partial charge in [-0.1, -0.05) is 33.8 Å². The standard InChI is InChI=1S/C16H21NO/c1-6-13-10(2)15(18)12-9-11(16(3,4)5)7-8-14(12)17-13/h7-10H,6H2,1-5H3. The highest BCUT2D eigenvalue weighted by atomic mass is 16.1. The molecular formula is C16H21NO. The summed E-state index contributed by atoms with van der Waals surface area (Å²) in [7, 11) is 0. The highest BCUT2D eigenvalue weighted by molar-refractivity contribution is 6.17. The number of carbonyl (C=O) groups excluding carboxylic acids is 1. The summed E-state index contributed by atoms with van der Waals surface area (Å²) in [4.78, 5) is 17.0. The Hall–Kier alpha value is -1.44. The van der Waals surface area contributed by atoms with Crippen molar-refractivity contribution in [2.24, 2.45) is 10.9 Å². The molecule has 0 spiro atoms. The van der Waals surface area contributed by atoms with Gasteiger partial charge >= 0.3 is 0 Å². The van der Waals surface area contributed by atoms with Crippen LogP contribution in [0.5, 0.6) is 0 Å². The van der Waals surface area contributed by atoms with Crippen LogP contribution in [-0.2, 0) is 5.41 Å². The SMILES string of the molecule is CCC1=Nc2ccc(C(C)(C)C)cc2C(=O)C1C. The summed E-state index contributed by atoms with van der Waals surface area (Å²) in [5.74, 6) is 0.140. The van der Waals surface area contributed by atoms with Gasteiger partial charge in [-0.3, -0.25) is 9.79 Å². The Morgan fingerprint density at radius 1 is 1.28 bits per heavy atom. The van der Waals surface area contributed by atoms with Gasteiger partial charge in [0, 0.05) is 11.3 Å². The molecule has 1 heterocycles. The third-order valence-corrected chi connectivity index (χ3v) is 3.65. The summed E-state index contributed by atoms with van der Waals surface area (Å²) < 4.78 is 0. The molecule has 0 aromatic heterocycles. The van der Waals surface area contributed by atoms with Crippen molar-refractivity contribution in [1.82, 2.24) is 0 Å². The fraction of sp³-hybridized carbons (Fsp3) is 0.500. The van der Waals surface area contributed by atoms with Crippen molar-refractivity contribution in [2.75, 3.05) is 0 Å². The predicted octanol–water partition coefficient (Wildman–Crippen LogP) is 4.30. The van der Waals surface area contributed by atoms with Crippen molar-refractivity contribution in [2.45, 2.75) is 46.5 Å². The minimum atomic E-state index is -0.0716. The van der Waals surface area contributed by atoms with Gasteiger partial charge in [0.1, 0.15) is 0 Å². The summed E-state index contributed by atoms with van der Waals surface area (Å²) >= 11 is 0. The van der Waals surface area contributed by atoms with Crippen molar-refractivity contribution in [3.05, 3.63) is 29.3 Å². The average molecular weight is 243 g/mol. The largest absolute Gasteiger partial charge is 0.293 e. The molecule has 0 amide bonds. The van der Waals surface area contributed by atoms with Crippen molar-refractivity contribution in [3.8, 4) is 0 Å². The number of fused-ring (bicyclic) bond motifs is 1. The van der Waals surface area contributed by atoms with Crippen molar-refractivity contribution in [1.29, 1.82) is 0 Å². The van der Waals surface area contributed by atoms with E-state index in [1.54, 1.807) is 0 Å². The zero-order chi connectivity index (χ0) is 13.5. The van der Waals surface area contributed by atoms with Crippen LogP contribution >= 0.6 is 0 Å². The van der Waals surface area contributed by atoms with Crippen LogP contribution in [0.1, 0.15) is 57.0 Å². The molecule has 1 aliphatic heterocycles. The molecule has 2 heteroatoms. The Bertz CT molecular complexity index is 520. The van der Waals surface area contributed by atoms with Crippen LogP contribution in [0.25, 0.3) is 0 Å². The molecule has 1 aliphatic rings. The number of carbonyl (C=O) groups is 1. The zero-order valence-corrected chi connectivity index (χ0v) is 11.9. The van der Waals surface area contributed by atoms with E-state index in [2.05, 4.69) is 38.8 Å². The first-order valence-electron chi connectivity index (χ1n) is 6.60. The number of hydrogen-bond acceptors (Lipinski definition) is 2. The summed E-state index contributed by atoms with van der Waals surface area (Å²) in [6, 6.07) is 6.08. The molecule has 1 aromatic carbocycles. The maximum atomic E-state index is 12.4. The molecule has 0 saturated carbocycles. The number of rotatable bonds is 1. The molecule has 0 radical (unpaired) electrons. The van der Waals surface area contributed by atoms with Gasteiger partial charge in [0.15, 0.2) is 5.78 Å². The molecule has 96 valence electrons. The number of Topliss-reactive ketones (excluding diaryl/α,β-unsaturated/α-hetero) is 1. The second-order valence-electron chi connectivity index (χ2n) is 6.02. The number of aliphatic imine (C=N–C) groups is 1. The fourth-order valence-corrected chi connectivity index (χ4v) is 2.32. The second-order valence-corrected chi connectivity index (χ2v) is 6.02. The molecule has 0 saturated heterocycles. The van der Waals surface area contributed by atoms with Crippen LogP contribution in [0.15, 0.2) is 23.2 Å². The highest BCUT2D eigenvalue weighted by Gasteiger charge is 2.28. The molecule has 2 nitrogen and oxygen atoms in total. The minimum absolute atomic E-state index is 0.0628. The Balaban J connectivity index is 2.56. The van der Waals surface area contributed by atoms with E-state index >= 15 is 0 Å². The molecule has 1 unspecified atom stereocenters. The van der Waals surface area contributed by atoms with Crippen LogP contribution in [0.3, 0.4) is 0 Å². The van der Waals surface area contributed by atoms with E-state index in [4.69, 9.17) is 0 Å². The Morgan fingerprint density at radius 2 is 1.94 bits per heavy atom. The number of benzene rings is 1. The summed E-state index contributed by atoms with van der Waals surface area (Å²) in [6.45, 7) is 10.5. The van der Waals surface area contributed by atoms with E-state index in [0.717, 1.165) is 23.4 Å². The smallest absolute Gasteiger partial charge is 0.173 e. The van der Waals surface area contributed by atoms with Crippen LogP contribution in [0, 0.1) is 5.92 Å². The van der Waals surface area contributed by atoms with Gasteiger partial charge in [0.25, 0.3) is 0 Å². The van der Waals surface area contributed by atoms with E-state index in [9.17, 15) is 4.79 Å². The highest BCUT2D eigenvalue weighted by Crippen LogP contribution is 2.33. The number of hydrogen-bond donors (Lipinski definition) is 0. The van der Waals surface area contributed by atoms with Gasteiger partial charge in [-0.25, -0.2) is 0 Å². The lowest BCUT2D eigenvalue weighted by Gasteiger charge is -2.24. The van der Waals surface area contributed by atoms with Gasteiger partial charge in [-0.15, -0.1) is 0 Å². The summed E-state index contributed by atoms with van der Waals surface area (Å²) in [6.07, 6.45) is 0.841. The minimum Gasteiger partial charge on any atom is -0.293 e. The zero-order valence-electron chi connectivity index (χ0n) is 11.9. The third kappa shape index (κ3) is 2.12. The topological polar surface area (TPSA) is 29.4 Å². The van der Waals surface area contributed by atoms with Gasteiger partial charge in [-0.2, -0.15) is 0 Å². The molecule has 1 atom stereocenters. The predicted molar refractivity (Wildman–Crippen MR) is 76.0 cm³/mol. The molecule has 0 fully saturated rings. The average Bonchev–Trinajstić information content (AvgIpc) is 2.32. The van der Waals surface area contributed by atoms with Gasteiger partial charge in [0.2, 0.25) is 0 Å². The van der Waals surface area contributed by atoms with E-state index in [-0.39, 0.29) is 17.1 Å². The molecule has 0 aliphatic carbocycles. The summed E-state index contributed by atoms with van der Waals surface area (Å²) in [5.41, 5.74) is 3.87. The lowest BCUT2D eigenvalue weighted by atomic mass is 9.82. The van der Waals surface area contributed by atoms with Crippen molar-refractivity contribution in [3.63, 3.8) is 0 Å². The first kappa shape index (κ1) is 13.0. The number of nitrogens with zero attached hydrogens (tertiary/aromatic N) is 1. The Labute approximate surface area is 109 Å². The van der Waals surface area contributed by atoms with Gasteiger partial charge < -0.3 is 0 Å². The number of ketones is 1. The van der Waals surface area contributed by atoms with E-state index in [1.807, 2.05) is 19.1 Å². The molecule has 18 heavy (non-hydrogen) atoms. The maximum absolute atomic E-state index is 12.4. The molecule has 2 rings (SSSR count). The Morgan fingerprint density at radius 3 is 2.50 bits per heavy atom. The second kappa shape index (κ2) is 4.34. The first-order valence-corrected chi connectivity index (χ1v) is 6.60. The summed E-state index contributed by atoms with van der Waals surface area (Å²) in [5, 5.41) is 0. The van der Waals surface area contributed by atoms with Crippen molar-refractivity contribution >= 4 is 17.2 Å². The molecule has 1 aromatic rings. The normalized spacial score (nSPS) is 19.5. The van der Waals surface area contributed by atoms with E-state index in [0.29, 0.717) is 0 Å². The Kier molecular flexibility index (Phi) is 3.14. The monoisotopic (exact) mass is 243 g/mol. The van der Waals surface area contributed by atoms with Gasteiger partial charge in [-0.05, 0) is 36.5 Å². The van der Waals surface area contributed by atoms with E-state index in [1.165, 1.54) is 5.56 Å².